The number of hydrogen-bond acceptors (Lipinski definition) is 2. The van der Waals surface area contributed by atoms with Crippen molar-refractivity contribution in [3.05, 3.63) is 5.64 Å². The van der Waals surface area contributed by atoms with Gasteiger partial charge in [0.05, 0.1) is 0 Å². The second-order valence-electron chi connectivity index (χ2n) is 0.0894. The molecular weight excluding hydrogens is 69.0 g/mol. The summed E-state index contributed by atoms with van der Waals surface area (Å²) in [5, 5.41) is 13.5. The fourth-order valence-electron chi connectivity index (χ4n) is 0. The van der Waals surface area contributed by atoms with Gasteiger partial charge in [0, 0.05) is 0 Å². The Bertz CT molecular complexity index is 6.00. The first-order chi connectivity index (χ1) is 1.41. The van der Waals surface area contributed by atoms with Crippen molar-refractivity contribution >= 4 is 0 Å². The van der Waals surface area contributed by atoms with Gasteiger partial charge < -0.3 is 16.1 Å². The van der Waals surface area contributed by atoms with Gasteiger partial charge in [-0.2, -0.15) is 0 Å². The molecule has 0 aromatic carbocycles. The molecule has 0 heterocycles. The Hall–Kier alpha value is 0.880. The molecule has 0 spiro atoms. The maximum Gasteiger partial charge on any atom is 1.00 e. The monoisotopic (exact) mass is 71.0 g/mol. The molecule has 0 aromatic rings. The van der Waals surface area contributed by atoms with E-state index in [9.17, 15) is 0 Å². The van der Waals surface area contributed by atoms with E-state index in [0.29, 0.717) is 0 Å². The maximum absolute atomic E-state index is 6.75. The molecule has 0 aliphatic rings. The molecule has 4 heteroatoms. The molecule has 0 atom stereocenters. The van der Waals surface area contributed by atoms with E-state index in [1.165, 1.54) is 5.64 Å². The fourth-order valence-corrected chi connectivity index (χ4v) is 0. The molecule has 0 amide bonds. The molecule has 0 unspecified atom stereocenters. The summed E-state index contributed by atoms with van der Waals surface area (Å²) in [6, 6.07) is 0. The molecular formula is H2NNaO2. The largest absolute Gasteiger partial charge is 1.00 e. The van der Waals surface area contributed by atoms with E-state index in [1.54, 1.807) is 0 Å². The van der Waals surface area contributed by atoms with Crippen LogP contribution in [0.3, 0.4) is 0 Å². The molecule has 3 nitrogen and oxygen atoms in total. The van der Waals surface area contributed by atoms with Gasteiger partial charge in [0.1, 0.15) is 0 Å². The molecule has 0 radical (unpaired) electrons. The van der Waals surface area contributed by atoms with Crippen LogP contribution in [0.1, 0.15) is 0 Å². The quantitative estimate of drug-likeness (QED) is 0.238. The van der Waals surface area contributed by atoms with Gasteiger partial charge in [-0.05, 0) is 0 Å². The molecule has 20 valence electrons. The van der Waals surface area contributed by atoms with Crippen molar-refractivity contribution in [2.45, 2.75) is 0 Å². The maximum atomic E-state index is 6.75. The molecule has 0 aliphatic carbocycles. The van der Waals surface area contributed by atoms with Gasteiger partial charge in [-0.1, -0.05) is 0 Å². The first-order valence-electron chi connectivity index (χ1n) is 0.400. The molecule has 0 aromatic heterocycles. The van der Waals surface area contributed by atoms with E-state index in [0.717, 1.165) is 0 Å². The van der Waals surface area contributed by atoms with Crippen molar-refractivity contribution in [3.8, 4) is 0 Å². The summed E-state index contributed by atoms with van der Waals surface area (Å²) in [5.41, 5.74) is 1.50. The Balaban J connectivity index is 0. The molecule has 0 aliphatic heterocycles. The summed E-state index contributed by atoms with van der Waals surface area (Å²) >= 11 is 0. The number of nitrogens with zero attached hydrogens (tertiary/aromatic N) is 1. The molecule has 4 heavy (non-hydrogen) atoms. The van der Waals surface area contributed by atoms with Crippen LogP contribution in [-0.2, 0) is 0 Å². The molecule has 0 saturated heterocycles. The number of rotatable bonds is 0. The first kappa shape index (κ1) is 8.86. The fraction of sp³-hybridized carbons (Fsp3) is 0. The normalized spacial score (nSPS) is 4.50. The smallest absolute Gasteiger partial charge is 0.478 e. The van der Waals surface area contributed by atoms with Gasteiger partial charge in [0.25, 0.3) is 0 Å². The zero-order chi connectivity index (χ0) is 2.71. The van der Waals surface area contributed by atoms with Crippen molar-refractivity contribution in [2.75, 3.05) is 0 Å². The minimum atomic E-state index is 0. The third kappa shape index (κ3) is 13.1. The van der Waals surface area contributed by atoms with Gasteiger partial charge >= 0.3 is 29.6 Å². The average molecular weight is 71.0 g/mol. The minimum Gasteiger partial charge on any atom is -0.478 e. The Kier molecular flexibility index (Phi) is 20.2. The summed E-state index contributed by atoms with van der Waals surface area (Å²) in [4.78, 5) is 0. The van der Waals surface area contributed by atoms with Crippen molar-refractivity contribution in [1.82, 2.24) is 0 Å². The molecule has 2 N–H and O–H groups in total. The Morgan fingerprint density at radius 3 is 1.25 bits per heavy atom. The van der Waals surface area contributed by atoms with E-state index in [-0.39, 0.29) is 29.6 Å². The van der Waals surface area contributed by atoms with Gasteiger partial charge in [0.15, 0.2) is 0 Å². The van der Waals surface area contributed by atoms with E-state index >= 15 is 0 Å². The minimum absolute atomic E-state index is 0. The van der Waals surface area contributed by atoms with Gasteiger partial charge in [-0.3, -0.25) is 0 Å². The number of hydrogen-bond donors (Lipinski definition) is 2. The Morgan fingerprint density at radius 1 is 1.25 bits per heavy atom. The van der Waals surface area contributed by atoms with Crippen molar-refractivity contribution in [1.29, 1.82) is 0 Å². The summed E-state index contributed by atoms with van der Waals surface area (Å²) in [6.07, 6.45) is 0. The van der Waals surface area contributed by atoms with Crippen LogP contribution in [-0.4, -0.2) is 10.4 Å². The van der Waals surface area contributed by atoms with Crippen LogP contribution in [0.15, 0.2) is 0 Å². The van der Waals surface area contributed by atoms with Crippen LogP contribution < -0.4 is 29.6 Å². The Morgan fingerprint density at radius 2 is 1.25 bits per heavy atom. The average Bonchev–Trinajstić information content (AvgIpc) is 0.918. The zero-order valence-electron chi connectivity index (χ0n) is 2.34. The summed E-state index contributed by atoms with van der Waals surface area (Å²) in [5.74, 6) is 0. The van der Waals surface area contributed by atoms with Crippen LogP contribution in [0.4, 0.5) is 0 Å². The van der Waals surface area contributed by atoms with E-state index in [1.807, 2.05) is 0 Å². The third-order valence-electron chi connectivity index (χ3n) is 0. The zero-order valence-corrected chi connectivity index (χ0v) is 4.34. The van der Waals surface area contributed by atoms with Gasteiger partial charge in [-0.15, -0.1) is 0 Å². The van der Waals surface area contributed by atoms with Crippen LogP contribution in [0, 0.1) is 0 Å². The predicted molar refractivity (Wildman–Crippen MR) is 6.93 cm³/mol. The van der Waals surface area contributed by atoms with Crippen LogP contribution in [0.2, 0.25) is 0 Å². The topological polar surface area (TPSA) is 54.6 Å². The summed E-state index contributed by atoms with van der Waals surface area (Å²) in [7, 11) is 0. The van der Waals surface area contributed by atoms with Crippen LogP contribution in [0.5, 0.6) is 0 Å². The predicted octanol–water partition coefficient (Wildman–Crippen LogP) is -2.86. The van der Waals surface area contributed by atoms with Crippen molar-refractivity contribution in [3.63, 3.8) is 0 Å². The van der Waals surface area contributed by atoms with Crippen molar-refractivity contribution < 1.29 is 40.0 Å². The Labute approximate surface area is 45.8 Å². The van der Waals surface area contributed by atoms with Gasteiger partial charge in [0.2, 0.25) is 0 Å². The van der Waals surface area contributed by atoms with E-state index < -0.39 is 0 Å². The van der Waals surface area contributed by atoms with Crippen LogP contribution in [0.25, 0.3) is 5.64 Å². The SMILES string of the molecule is O[N-]O.[Na+]. The summed E-state index contributed by atoms with van der Waals surface area (Å²) in [6.45, 7) is 0. The molecule has 0 fully saturated rings. The van der Waals surface area contributed by atoms with Crippen molar-refractivity contribution in [2.24, 2.45) is 0 Å². The first-order valence-corrected chi connectivity index (χ1v) is 0.400. The van der Waals surface area contributed by atoms with E-state index in [4.69, 9.17) is 10.4 Å². The molecule has 0 rings (SSSR count). The standard InChI is InChI=1S/H2NO2.Na/c2-1-3;/h2-3H;/q-1;+1. The van der Waals surface area contributed by atoms with E-state index in [2.05, 4.69) is 0 Å². The van der Waals surface area contributed by atoms with Gasteiger partial charge in [-0.25, -0.2) is 0 Å². The van der Waals surface area contributed by atoms with Crippen LogP contribution >= 0.6 is 0 Å². The second kappa shape index (κ2) is 9.11. The second-order valence-corrected chi connectivity index (χ2v) is 0.0894. The summed E-state index contributed by atoms with van der Waals surface area (Å²) < 4.78 is 0. The molecule has 0 saturated carbocycles. The molecule has 0 bridgehead atoms. The third-order valence-corrected chi connectivity index (χ3v) is 0.